The number of aromatic nitrogens is 12. The molecule has 0 saturated heterocycles. The lowest BCUT2D eigenvalue weighted by Gasteiger charge is -2.09. The van der Waals surface area contributed by atoms with Crippen molar-refractivity contribution in [2.24, 2.45) is 5.73 Å². The highest BCUT2D eigenvalue weighted by atomic mass is 127. The molecule has 0 unspecified atom stereocenters. The molecule has 0 atom stereocenters. The molecule has 0 spiro atoms. The summed E-state index contributed by atoms with van der Waals surface area (Å²) in [6.45, 7) is 6.18. The van der Waals surface area contributed by atoms with Crippen molar-refractivity contribution >= 4 is 84.6 Å². The van der Waals surface area contributed by atoms with Crippen LogP contribution in [0.5, 0.6) is 23.0 Å². The minimum atomic E-state index is -4.74. The van der Waals surface area contributed by atoms with Crippen LogP contribution in [0.1, 0.15) is 55.1 Å². The molecule has 0 bridgehead atoms. The predicted octanol–water partition coefficient (Wildman–Crippen LogP) is 15.8. The number of carbonyl (C=O) groups is 2. The maximum absolute atomic E-state index is 12.9. The third-order valence-electron chi connectivity index (χ3n) is 13.3. The van der Waals surface area contributed by atoms with Crippen LogP contribution in [-0.4, -0.2) is 114 Å². The smallest absolute Gasteiger partial charge is 0.423 e. The number of hydrogen-bond acceptors (Lipinski definition) is 20. The Balaban J connectivity index is 0.000000186. The van der Waals surface area contributed by atoms with Gasteiger partial charge in [0.15, 0.2) is 39.2 Å². The van der Waals surface area contributed by atoms with Crippen LogP contribution in [0.3, 0.4) is 0 Å². The second-order valence-electron chi connectivity index (χ2n) is 21.4. The zero-order valence-corrected chi connectivity index (χ0v) is 60.1. The highest BCUT2D eigenvalue weighted by Crippen LogP contribution is 2.30. The Labute approximate surface area is 624 Å². The monoisotopic (exact) mass is 1720 g/mol. The van der Waals surface area contributed by atoms with E-state index < -0.39 is 38.3 Å². The number of pyridine rings is 1. The zero-order chi connectivity index (χ0) is 77.4. The number of benzene rings is 5. The molecule has 0 aliphatic rings. The number of ketones is 1. The number of alkyl halides is 12. The van der Waals surface area contributed by atoms with Gasteiger partial charge in [-0.3, -0.25) is 9.59 Å². The van der Waals surface area contributed by atoms with E-state index in [0.717, 1.165) is 70.6 Å². The molecule has 37 heteroatoms. The van der Waals surface area contributed by atoms with Crippen molar-refractivity contribution in [1.29, 1.82) is 0 Å². The van der Waals surface area contributed by atoms with Gasteiger partial charge in [-0.05, 0) is 173 Å². The molecule has 0 amide bonds. The average molecular weight is 1720 g/mol. The fourth-order valence-corrected chi connectivity index (χ4v) is 9.19. The third kappa shape index (κ3) is 28.5. The minimum Gasteiger partial charge on any atom is -0.423 e. The molecule has 7 aromatic heterocycles. The molecule has 7 heterocycles. The van der Waals surface area contributed by atoms with E-state index in [-0.39, 0.29) is 34.9 Å². The number of nitrogens with two attached hydrogens (primary N) is 1. The van der Waals surface area contributed by atoms with Gasteiger partial charge in [-0.1, -0.05) is 42.0 Å². The van der Waals surface area contributed by atoms with Gasteiger partial charge in [0, 0.05) is 132 Å². The van der Waals surface area contributed by atoms with Crippen molar-refractivity contribution in [3.8, 4) is 68.5 Å². The predicted molar refractivity (Wildman–Crippen MR) is 378 cm³/mol. The van der Waals surface area contributed by atoms with E-state index in [1.165, 1.54) is 90.8 Å². The van der Waals surface area contributed by atoms with Crippen LogP contribution in [0, 0.1) is 24.6 Å². The van der Waals surface area contributed by atoms with Crippen LogP contribution in [0.15, 0.2) is 211 Å². The van der Waals surface area contributed by atoms with Gasteiger partial charge < -0.3 is 34.7 Å². The average Bonchev–Trinajstić information content (AvgIpc) is 1.64. The third-order valence-corrected chi connectivity index (χ3v) is 14.7. The maximum atomic E-state index is 12.9. The first-order chi connectivity index (χ1) is 50.1. The highest BCUT2D eigenvalue weighted by Gasteiger charge is 2.33. The van der Waals surface area contributed by atoms with Gasteiger partial charge in [-0.2, -0.15) is 5.10 Å². The summed E-state index contributed by atoms with van der Waals surface area (Å²) < 4.78 is 163. The molecule has 4 N–H and O–H groups in total. The van der Waals surface area contributed by atoms with Crippen LogP contribution >= 0.6 is 54.5 Å². The van der Waals surface area contributed by atoms with Crippen LogP contribution in [0.25, 0.3) is 51.1 Å². The number of aryl methyl sites for hydroxylation is 4. The number of nitrogens with zero attached hydrogens (tertiary/aromatic N) is 12. The Morgan fingerprint density at radius 1 is 0.491 bits per heavy atom. The fourth-order valence-electron chi connectivity index (χ4n) is 8.51. The molecule has 12 aromatic rings. The SMILES string of the molecule is Brc1cnc(I)nc1.Cc1ccc(-c2ncc(Br)cn2)cc1.Cc1ccn2nc(C)c(C(=O)CCc3cnc(-c4ccc(OC(F)(F)F)cc4)nc3)c2c1.NCc1cnc(-c2ccc(OC(F)(F)F)cc2)nc1.O=Cc1cnc(-c2ccc(OC(F)(F)F)cc2)nc1.OB(O)c1ccc(OC(F)(F)F)cc1. The molecule has 5 aromatic carbocycles. The van der Waals surface area contributed by atoms with Gasteiger partial charge in [0.2, 0.25) is 0 Å². The first-order valence-corrected chi connectivity index (χ1v) is 32.8. The van der Waals surface area contributed by atoms with Gasteiger partial charge in [0.25, 0.3) is 0 Å². The van der Waals surface area contributed by atoms with E-state index >= 15 is 0 Å². The molecule has 0 aliphatic carbocycles. The molecular weight excluding hydrogens is 1660 g/mol. The summed E-state index contributed by atoms with van der Waals surface area (Å²) in [5.74, 6) is 0.528. The van der Waals surface area contributed by atoms with Gasteiger partial charge in [-0.25, -0.2) is 54.4 Å². The van der Waals surface area contributed by atoms with Gasteiger partial charge in [0.1, 0.15) is 23.0 Å². The van der Waals surface area contributed by atoms with Crippen molar-refractivity contribution in [3.05, 3.63) is 253 Å². The van der Waals surface area contributed by atoms with Crippen LogP contribution in [-0.2, 0) is 13.0 Å². The summed E-state index contributed by atoms with van der Waals surface area (Å²) in [4.78, 5) is 64.1. The van der Waals surface area contributed by atoms with E-state index in [1.807, 2.05) is 44.3 Å². The second-order valence-corrected chi connectivity index (χ2v) is 24.2. The Morgan fingerprint density at radius 3 is 1.18 bits per heavy atom. The second kappa shape index (κ2) is 38.5. The first kappa shape index (κ1) is 82.8. The van der Waals surface area contributed by atoms with E-state index in [4.69, 9.17) is 15.8 Å². The van der Waals surface area contributed by atoms with Gasteiger partial charge in [0.05, 0.1) is 31.3 Å². The lowest BCUT2D eigenvalue weighted by atomic mass is 9.80. The normalized spacial score (nSPS) is 11.1. The summed E-state index contributed by atoms with van der Waals surface area (Å²) in [5, 5.41) is 21.7. The Hall–Kier alpha value is -10.5. The lowest BCUT2D eigenvalue weighted by Crippen LogP contribution is -2.29. The summed E-state index contributed by atoms with van der Waals surface area (Å²) in [5.41, 5.74) is 14.5. The lowest BCUT2D eigenvalue weighted by molar-refractivity contribution is -0.275. The number of carbonyl (C=O) groups excluding carboxylic acids is 2. The summed E-state index contributed by atoms with van der Waals surface area (Å²) in [7, 11) is -1.70. The number of aldehydes is 1. The molecule has 12 rings (SSSR count). The summed E-state index contributed by atoms with van der Waals surface area (Å²) >= 11 is 8.58. The molecule has 0 fully saturated rings. The summed E-state index contributed by atoms with van der Waals surface area (Å²) in [6.07, 6.45) is 0.256. The molecular formula is C69H53BBr2F12IN13O8. The van der Waals surface area contributed by atoms with E-state index in [9.17, 15) is 62.3 Å². The van der Waals surface area contributed by atoms with Crippen molar-refractivity contribution in [2.75, 3.05) is 0 Å². The van der Waals surface area contributed by atoms with E-state index in [2.05, 4.69) is 147 Å². The van der Waals surface area contributed by atoms with Crippen molar-refractivity contribution in [3.63, 3.8) is 0 Å². The number of halogens is 15. The number of Topliss-reactive ketones (excluding diaryl/α,β-unsaturated/α-hetero) is 1. The Kier molecular flexibility index (Phi) is 30.1. The van der Waals surface area contributed by atoms with Crippen molar-refractivity contribution in [2.45, 2.75) is 65.6 Å². The zero-order valence-electron chi connectivity index (χ0n) is 54.8. The van der Waals surface area contributed by atoms with E-state index in [1.54, 1.807) is 54.1 Å². The molecule has 106 heavy (non-hydrogen) atoms. The maximum Gasteiger partial charge on any atom is 0.573 e. The standard InChI is InChI=1S/C23H19F3N4O2.C12H10F3N3O.C12H7F3N2O2.C11H9BrN2.C7H6BF3O3.C4H2BrIN2/c1-14-9-10-30-19(11-14)21(15(2)29-30)20(31)8-3-16-12-27-22(28-13-16)17-4-6-18(7-5-17)32-23(24,25)26;13-12(14,15)19-10-3-1-9(2-4-10)11-17-6-8(5-16)7-18-11;13-12(14,15)19-10-3-1-9(2-4-10)11-16-5-8(7-18)6-17-11;1-8-2-4-9(5-3-8)11-13-6-10(12)7-14-11;9-7(10,11)14-6-3-1-5(2-4-6)8(12)13;5-3-1-7-4(6)8-2-3/h4-7,9-13H,3,8H2,1-2H3;1-4,6-7H,5,16H2;1-7H;2-7H,1H3;1-4,12-13H;1-2H. The van der Waals surface area contributed by atoms with Crippen molar-refractivity contribution in [1.82, 2.24) is 59.5 Å². The molecule has 0 saturated carbocycles. The van der Waals surface area contributed by atoms with Crippen LogP contribution < -0.4 is 30.1 Å². The van der Waals surface area contributed by atoms with Gasteiger partial charge >= 0.3 is 32.6 Å². The largest absolute Gasteiger partial charge is 0.573 e. The first-order valence-electron chi connectivity index (χ1n) is 30.1. The fraction of sp³-hybridized carbons (Fsp3) is 0.145. The number of rotatable bonds is 15. The molecule has 21 nitrogen and oxygen atoms in total. The van der Waals surface area contributed by atoms with Crippen LogP contribution in [0.2, 0.25) is 0 Å². The highest BCUT2D eigenvalue weighted by molar-refractivity contribution is 14.1. The van der Waals surface area contributed by atoms with Crippen molar-refractivity contribution < 1.29 is 91.3 Å². The quantitative estimate of drug-likeness (QED) is 0.0215. The minimum absolute atomic E-state index is 0.00701. The molecule has 550 valence electrons. The van der Waals surface area contributed by atoms with Crippen LogP contribution in [0.4, 0.5) is 52.7 Å². The van der Waals surface area contributed by atoms with E-state index in [0.29, 0.717) is 70.2 Å². The number of ether oxygens (including phenoxy) is 4. The molecule has 0 aliphatic heterocycles. The Morgan fingerprint density at radius 2 is 0.830 bits per heavy atom. The summed E-state index contributed by atoms with van der Waals surface area (Å²) in [6, 6.07) is 32.1. The topological polar surface area (TPSA) is 284 Å². The number of hydrogen-bond donors (Lipinski definition) is 3. The molecule has 0 radical (unpaired) electrons. The Bertz CT molecular complexity index is 4680. The number of fused-ring (bicyclic) bond motifs is 1. The van der Waals surface area contributed by atoms with Gasteiger partial charge in [-0.15, -0.1) is 52.7 Å².